The topological polar surface area (TPSA) is 132 Å². The van der Waals surface area contributed by atoms with E-state index >= 15 is 0 Å². The number of hydrogen-bond donors (Lipinski definition) is 0. The summed E-state index contributed by atoms with van der Waals surface area (Å²) in [5.41, 5.74) is 0.323. The third-order valence-corrected chi connectivity index (χ3v) is 7.24. The second-order valence-corrected chi connectivity index (χ2v) is 9.93. The van der Waals surface area contributed by atoms with Gasteiger partial charge in [-0.15, -0.1) is 0 Å². The summed E-state index contributed by atoms with van der Waals surface area (Å²) < 4.78 is 25.1. The zero-order valence-electron chi connectivity index (χ0n) is 17.0. The lowest BCUT2D eigenvalue weighted by Crippen LogP contribution is -2.43. The van der Waals surface area contributed by atoms with Crippen molar-refractivity contribution in [2.24, 2.45) is 0 Å². The molecule has 1 aromatic heterocycles. The van der Waals surface area contributed by atoms with Gasteiger partial charge in [0.2, 0.25) is 5.91 Å². The normalized spacial score (nSPS) is 17.3. The maximum atomic E-state index is 13.2. The van der Waals surface area contributed by atoms with Gasteiger partial charge >= 0.3 is 0 Å². The molecule has 0 unspecified atom stereocenters. The van der Waals surface area contributed by atoms with Gasteiger partial charge in [0, 0.05) is 24.7 Å². The molecule has 3 aromatic rings. The number of aromatic nitrogens is 2. The highest BCUT2D eigenvalue weighted by atomic mass is 32.2. The Kier molecular flexibility index (Phi) is 5.74. The molecule has 1 aliphatic rings. The lowest BCUT2D eigenvalue weighted by Gasteiger charge is -2.28. The van der Waals surface area contributed by atoms with Crippen molar-refractivity contribution in [2.75, 3.05) is 11.5 Å². The highest BCUT2D eigenvalue weighted by Gasteiger charge is 2.34. The largest absolute Gasteiger partial charge is 0.333 e. The van der Waals surface area contributed by atoms with Crippen molar-refractivity contribution < 1.29 is 18.1 Å². The number of sulfone groups is 1. The fourth-order valence-electron chi connectivity index (χ4n) is 3.83. The number of nitrogens with zero attached hydrogens (tertiary/aromatic N) is 4. The average Bonchev–Trinajstić information content (AvgIpc) is 3.13. The number of carbonyl (C=O) groups excluding carboxylic acids is 1. The Morgan fingerprint density at radius 1 is 1.22 bits per heavy atom. The molecule has 10 nitrogen and oxygen atoms in total. The summed E-state index contributed by atoms with van der Waals surface area (Å²) in [7, 11) is -3.22. The van der Waals surface area contributed by atoms with Gasteiger partial charge in [0.25, 0.3) is 11.2 Å². The number of nitro benzene ring substituents is 1. The van der Waals surface area contributed by atoms with Crippen molar-refractivity contribution in [1.82, 2.24) is 14.5 Å². The SMILES string of the molecule is O=C(Cn1cnc2cc([N+](=O)[O-])ccc2c1=O)N(Cc1ccccc1)[C@@H]1CCS(=O)(=O)C1. The Morgan fingerprint density at radius 3 is 2.62 bits per heavy atom. The molecule has 166 valence electrons. The first-order valence-electron chi connectivity index (χ1n) is 9.91. The Labute approximate surface area is 183 Å². The van der Waals surface area contributed by atoms with Gasteiger partial charge < -0.3 is 4.90 Å². The van der Waals surface area contributed by atoms with E-state index in [1.807, 2.05) is 30.3 Å². The van der Waals surface area contributed by atoms with Crippen molar-refractivity contribution in [3.63, 3.8) is 0 Å². The van der Waals surface area contributed by atoms with Crippen LogP contribution in [0.2, 0.25) is 0 Å². The second kappa shape index (κ2) is 8.50. The van der Waals surface area contributed by atoms with Gasteiger partial charge in [-0.05, 0) is 18.1 Å². The lowest BCUT2D eigenvalue weighted by atomic mass is 10.1. The molecule has 4 rings (SSSR count). The van der Waals surface area contributed by atoms with E-state index in [0.29, 0.717) is 6.42 Å². The van der Waals surface area contributed by atoms with E-state index in [2.05, 4.69) is 4.98 Å². The number of fused-ring (bicyclic) bond motifs is 1. The van der Waals surface area contributed by atoms with Crippen LogP contribution in [0.15, 0.2) is 59.7 Å². The van der Waals surface area contributed by atoms with Crippen LogP contribution in [0, 0.1) is 10.1 Å². The van der Waals surface area contributed by atoms with Crippen LogP contribution in [0.5, 0.6) is 0 Å². The first-order chi connectivity index (χ1) is 15.2. The van der Waals surface area contributed by atoms with Crippen LogP contribution in [0.1, 0.15) is 12.0 Å². The molecule has 11 heteroatoms. The summed E-state index contributed by atoms with van der Waals surface area (Å²) in [6.45, 7) is -0.0933. The standard InChI is InChI=1S/C21H20N4O6S/c26-20(12-23-14-22-19-10-16(25(28)29)6-7-18(19)21(23)27)24(11-15-4-2-1-3-5-15)17-8-9-32(30,31)13-17/h1-7,10,14,17H,8-9,11-13H2/t17-/m1/s1. The van der Waals surface area contributed by atoms with E-state index in [1.165, 1.54) is 29.4 Å². The van der Waals surface area contributed by atoms with E-state index in [9.17, 15) is 28.1 Å². The number of non-ortho nitro benzene ring substituents is 1. The third-order valence-electron chi connectivity index (χ3n) is 5.49. The van der Waals surface area contributed by atoms with E-state index in [4.69, 9.17) is 0 Å². The van der Waals surface area contributed by atoms with Crippen molar-refractivity contribution in [2.45, 2.75) is 25.6 Å². The van der Waals surface area contributed by atoms with E-state index in [-0.39, 0.29) is 41.2 Å². The Hall–Kier alpha value is -3.60. The number of benzene rings is 2. The third kappa shape index (κ3) is 4.52. The quantitative estimate of drug-likeness (QED) is 0.406. The molecule has 1 atom stereocenters. The molecule has 1 fully saturated rings. The van der Waals surface area contributed by atoms with Crippen molar-refractivity contribution in [1.29, 1.82) is 0 Å². The maximum absolute atomic E-state index is 13.2. The summed E-state index contributed by atoms with van der Waals surface area (Å²) in [6, 6.07) is 12.5. The van der Waals surface area contributed by atoms with E-state index in [0.717, 1.165) is 10.1 Å². The first-order valence-corrected chi connectivity index (χ1v) is 11.7. The Morgan fingerprint density at radius 2 is 1.97 bits per heavy atom. The molecule has 0 N–H and O–H groups in total. The Bertz CT molecular complexity index is 1350. The summed E-state index contributed by atoms with van der Waals surface area (Å²) in [5.74, 6) is -0.492. The number of amides is 1. The number of rotatable bonds is 6. The smallest absolute Gasteiger partial charge is 0.271 e. The van der Waals surface area contributed by atoms with Crippen LogP contribution in [-0.2, 0) is 27.7 Å². The van der Waals surface area contributed by atoms with Crippen molar-refractivity contribution in [3.05, 3.63) is 80.9 Å². The highest BCUT2D eigenvalue weighted by Crippen LogP contribution is 2.21. The van der Waals surface area contributed by atoms with Gasteiger partial charge in [0.15, 0.2) is 9.84 Å². The fraction of sp³-hybridized carbons (Fsp3) is 0.286. The average molecular weight is 456 g/mol. The monoisotopic (exact) mass is 456 g/mol. The predicted molar refractivity (Wildman–Crippen MR) is 117 cm³/mol. The van der Waals surface area contributed by atoms with Crippen LogP contribution in [-0.4, -0.2) is 51.2 Å². The van der Waals surface area contributed by atoms with Gasteiger partial charge in [0.05, 0.1) is 33.7 Å². The molecule has 1 aliphatic heterocycles. The minimum atomic E-state index is -3.22. The zero-order chi connectivity index (χ0) is 22.9. The first kappa shape index (κ1) is 21.6. The van der Waals surface area contributed by atoms with Gasteiger partial charge in [0.1, 0.15) is 6.54 Å². The molecular weight excluding hydrogens is 436 g/mol. The summed E-state index contributed by atoms with van der Waals surface area (Å²) in [6.07, 6.45) is 1.52. The van der Waals surface area contributed by atoms with Crippen LogP contribution in [0.25, 0.3) is 10.9 Å². The molecule has 2 aromatic carbocycles. The molecule has 1 amide bonds. The van der Waals surface area contributed by atoms with Crippen LogP contribution < -0.4 is 5.56 Å². The van der Waals surface area contributed by atoms with Crippen LogP contribution in [0.3, 0.4) is 0 Å². The molecule has 0 radical (unpaired) electrons. The molecule has 1 saturated heterocycles. The molecule has 0 aliphatic carbocycles. The zero-order valence-corrected chi connectivity index (χ0v) is 17.8. The van der Waals surface area contributed by atoms with Crippen LogP contribution in [0.4, 0.5) is 5.69 Å². The number of carbonyl (C=O) groups is 1. The highest BCUT2D eigenvalue weighted by molar-refractivity contribution is 7.91. The maximum Gasteiger partial charge on any atom is 0.271 e. The van der Waals surface area contributed by atoms with E-state index in [1.54, 1.807) is 0 Å². The van der Waals surface area contributed by atoms with E-state index < -0.39 is 32.3 Å². The second-order valence-electron chi connectivity index (χ2n) is 7.70. The summed E-state index contributed by atoms with van der Waals surface area (Å²) in [4.78, 5) is 42.0. The Balaban J connectivity index is 1.63. The predicted octanol–water partition coefficient (Wildman–Crippen LogP) is 1.52. The number of nitro groups is 1. The summed E-state index contributed by atoms with van der Waals surface area (Å²) in [5, 5.41) is 11.1. The molecule has 32 heavy (non-hydrogen) atoms. The summed E-state index contributed by atoms with van der Waals surface area (Å²) >= 11 is 0. The van der Waals surface area contributed by atoms with Gasteiger partial charge in [-0.25, -0.2) is 13.4 Å². The van der Waals surface area contributed by atoms with Crippen molar-refractivity contribution >= 4 is 32.3 Å². The molecule has 0 spiro atoms. The minimum Gasteiger partial charge on any atom is -0.333 e. The molecular formula is C21H20N4O6S. The van der Waals surface area contributed by atoms with Crippen LogP contribution >= 0.6 is 0 Å². The van der Waals surface area contributed by atoms with Crippen molar-refractivity contribution in [3.8, 4) is 0 Å². The fourth-order valence-corrected chi connectivity index (χ4v) is 5.56. The van der Waals surface area contributed by atoms with Gasteiger partial charge in [-0.1, -0.05) is 30.3 Å². The van der Waals surface area contributed by atoms with Gasteiger partial charge in [-0.2, -0.15) is 0 Å². The number of hydrogen-bond acceptors (Lipinski definition) is 7. The molecule has 0 bridgehead atoms. The molecule has 0 saturated carbocycles. The van der Waals surface area contributed by atoms with Gasteiger partial charge in [-0.3, -0.25) is 24.3 Å². The lowest BCUT2D eigenvalue weighted by molar-refractivity contribution is -0.384. The molecule has 2 heterocycles. The minimum absolute atomic E-state index is 0.0203.